The van der Waals surface area contributed by atoms with E-state index in [4.69, 9.17) is 0 Å². The van der Waals surface area contributed by atoms with Crippen molar-refractivity contribution in [2.45, 2.75) is 32.6 Å². The Bertz CT molecular complexity index is 126. The highest BCUT2D eigenvalue weighted by molar-refractivity contribution is 7.81. The van der Waals surface area contributed by atoms with Crippen LogP contribution in [-0.2, 0) is 4.79 Å². The Morgan fingerprint density at radius 1 is 1.30 bits per heavy atom. The minimum Gasteiger partial charge on any atom is -0.344 e. The summed E-state index contributed by atoms with van der Waals surface area (Å²) in [6.07, 6.45) is 0.679. The molecule has 0 aliphatic carbocycles. The maximum absolute atomic E-state index is 10.1. The minimum absolute atomic E-state index is 0.0307. The topological polar surface area (TPSA) is 29.1 Å². The molecule has 0 saturated heterocycles. The number of hydrogen-bond donors (Lipinski definition) is 2. The minimum atomic E-state index is -0.436. The van der Waals surface area contributed by atoms with E-state index in [-0.39, 0.29) is 5.41 Å². The quantitative estimate of drug-likeness (QED) is 0.358. The van der Waals surface area contributed by atoms with Crippen molar-refractivity contribution in [1.29, 1.82) is 0 Å². The third-order valence-corrected chi connectivity index (χ3v) is 2.60. The zero-order valence-electron chi connectivity index (χ0n) is 6.93. The van der Waals surface area contributed by atoms with Crippen molar-refractivity contribution in [3.8, 4) is 0 Å². The van der Waals surface area contributed by atoms with E-state index in [0.29, 0.717) is 6.41 Å². The lowest BCUT2D eigenvalue weighted by molar-refractivity contribution is -0.111. The molecular weight excluding hydrogens is 146 g/mol. The molecule has 0 spiro atoms. The van der Waals surface area contributed by atoms with Gasteiger partial charge in [-0.2, -0.15) is 12.6 Å². The van der Waals surface area contributed by atoms with Crippen LogP contribution in [0, 0.1) is 5.41 Å². The molecule has 1 N–H and O–H groups in total. The predicted molar refractivity (Wildman–Crippen MR) is 46.0 cm³/mol. The molecule has 0 aliphatic rings. The SMILES string of the molecule is CC(C)(C)C(C)(S)NC=O. The molecule has 2 nitrogen and oxygen atoms in total. The van der Waals surface area contributed by atoms with Gasteiger partial charge in [-0.05, 0) is 12.3 Å². The summed E-state index contributed by atoms with van der Waals surface area (Å²) in [5, 5.41) is 2.65. The van der Waals surface area contributed by atoms with E-state index < -0.39 is 4.87 Å². The Morgan fingerprint density at radius 2 is 1.70 bits per heavy atom. The van der Waals surface area contributed by atoms with Gasteiger partial charge in [0, 0.05) is 0 Å². The molecule has 0 fully saturated rings. The molecule has 0 aromatic heterocycles. The highest BCUT2D eigenvalue weighted by atomic mass is 32.1. The van der Waals surface area contributed by atoms with Crippen LogP contribution >= 0.6 is 12.6 Å². The van der Waals surface area contributed by atoms with Crippen LogP contribution in [-0.4, -0.2) is 11.3 Å². The number of amides is 1. The van der Waals surface area contributed by atoms with Crippen LogP contribution in [0.5, 0.6) is 0 Å². The molecule has 0 aromatic rings. The summed E-state index contributed by atoms with van der Waals surface area (Å²) in [4.78, 5) is 9.67. The largest absolute Gasteiger partial charge is 0.344 e. The second kappa shape index (κ2) is 2.82. The first-order valence-electron chi connectivity index (χ1n) is 3.25. The highest BCUT2D eigenvalue weighted by Gasteiger charge is 2.32. The van der Waals surface area contributed by atoms with Gasteiger partial charge < -0.3 is 5.32 Å². The van der Waals surface area contributed by atoms with E-state index in [1.54, 1.807) is 0 Å². The molecule has 0 saturated carbocycles. The first-order valence-corrected chi connectivity index (χ1v) is 3.70. The van der Waals surface area contributed by atoms with E-state index in [1.165, 1.54) is 0 Å². The fourth-order valence-corrected chi connectivity index (χ4v) is 0.384. The van der Waals surface area contributed by atoms with Gasteiger partial charge in [-0.1, -0.05) is 20.8 Å². The lowest BCUT2D eigenvalue weighted by atomic mass is 9.87. The van der Waals surface area contributed by atoms with Gasteiger partial charge in [-0.15, -0.1) is 0 Å². The van der Waals surface area contributed by atoms with Crippen LogP contribution in [0.1, 0.15) is 27.7 Å². The van der Waals surface area contributed by atoms with Crippen LogP contribution in [0.3, 0.4) is 0 Å². The number of carbonyl (C=O) groups is 1. The molecule has 0 aliphatic heterocycles. The molecule has 0 radical (unpaired) electrons. The number of rotatable bonds is 2. The summed E-state index contributed by atoms with van der Waals surface area (Å²) in [5.74, 6) is 0. The standard InChI is InChI=1S/C7H15NOS/c1-6(2,3)7(4,10)8-5-9/h5,10H,1-4H3,(H,8,9). The molecule has 0 rings (SSSR count). The smallest absolute Gasteiger partial charge is 0.208 e. The molecule has 1 unspecified atom stereocenters. The van der Waals surface area contributed by atoms with Crippen LogP contribution < -0.4 is 5.32 Å². The van der Waals surface area contributed by atoms with Crippen LogP contribution in [0.4, 0.5) is 0 Å². The first kappa shape index (κ1) is 9.82. The van der Waals surface area contributed by atoms with E-state index in [2.05, 4.69) is 17.9 Å². The number of hydrogen-bond acceptors (Lipinski definition) is 2. The number of nitrogens with one attached hydrogen (secondary N) is 1. The lowest BCUT2D eigenvalue weighted by Crippen LogP contribution is -2.47. The molecular formula is C7H15NOS. The van der Waals surface area contributed by atoms with Crippen molar-refractivity contribution in [3.05, 3.63) is 0 Å². The van der Waals surface area contributed by atoms with E-state index in [1.807, 2.05) is 27.7 Å². The van der Waals surface area contributed by atoms with Crippen molar-refractivity contribution in [1.82, 2.24) is 5.32 Å². The van der Waals surface area contributed by atoms with Crippen molar-refractivity contribution in [2.75, 3.05) is 0 Å². The van der Waals surface area contributed by atoms with Crippen LogP contribution in [0.2, 0.25) is 0 Å². The van der Waals surface area contributed by atoms with Gasteiger partial charge >= 0.3 is 0 Å². The molecule has 3 heteroatoms. The molecule has 10 heavy (non-hydrogen) atoms. The summed E-state index contributed by atoms with van der Waals surface area (Å²) in [6, 6.07) is 0. The molecule has 0 aromatic carbocycles. The Hall–Kier alpha value is -0.180. The Balaban J connectivity index is 4.23. The first-order chi connectivity index (χ1) is 4.31. The molecule has 1 atom stereocenters. The zero-order valence-corrected chi connectivity index (χ0v) is 7.83. The predicted octanol–water partition coefficient (Wildman–Crippen LogP) is 1.42. The maximum Gasteiger partial charge on any atom is 0.208 e. The van der Waals surface area contributed by atoms with Crippen molar-refractivity contribution in [2.24, 2.45) is 5.41 Å². The van der Waals surface area contributed by atoms with Crippen molar-refractivity contribution < 1.29 is 4.79 Å². The number of carbonyl (C=O) groups excluding carboxylic acids is 1. The second-order valence-electron chi connectivity index (χ2n) is 3.58. The van der Waals surface area contributed by atoms with E-state index in [9.17, 15) is 4.79 Å². The van der Waals surface area contributed by atoms with Gasteiger partial charge in [0.05, 0.1) is 4.87 Å². The van der Waals surface area contributed by atoms with Gasteiger partial charge in [-0.25, -0.2) is 0 Å². The zero-order chi connectivity index (χ0) is 8.41. The normalized spacial score (nSPS) is 17.7. The number of thiol groups is 1. The van der Waals surface area contributed by atoms with Crippen molar-refractivity contribution >= 4 is 19.0 Å². The Labute approximate surface area is 67.8 Å². The van der Waals surface area contributed by atoms with Crippen LogP contribution in [0.25, 0.3) is 0 Å². The lowest BCUT2D eigenvalue weighted by Gasteiger charge is -2.36. The summed E-state index contributed by atoms with van der Waals surface area (Å²) < 4.78 is 0. The summed E-state index contributed by atoms with van der Waals surface area (Å²) in [7, 11) is 0. The van der Waals surface area contributed by atoms with Gasteiger partial charge in [0.15, 0.2) is 0 Å². The average Bonchev–Trinajstić information content (AvgIpc) is 1.61. The molecule has 0 bridgehead atoms. The Kier molecular flexibility index (Phi) is 2.77. The fourth-order valence-electron chi connectivity index (χ4n) is 0.331. The average molecular weight is 161 g/mol. The Morgan fingerprint density at radius 3 is 1.80 bits per heavy atom. The summed E-state index contributed by atoms with van der Waals surface area (Å²) in [6.45, 7) is 7.95. The maximum atomic E-state index is 10.1. The molecule has 0 heterocycles. The van der Waals surface area contributed by atoms with E-state index in [0.717, 1.165) is 0 Å². The van der Waals surface area contributed by atoms with Gasteiger partial charge in [0.25, 0.3) is 0 Å². The van der Waals surface area contributed by atoms with E-state index >= 15 is 0 Å². The van der Waals surface area contributed by atoms with Crippen molar-refractivity contribution in [3.63, 3.8) is 0 Å². The second-order valence-corrected chi connectivity index (χ2v) is 4.48. The molecule has 60 valence electrons. The summed E-state index contributed by atoms with van der Waals surface area (Å²) in [5.41, 5.74) is -0.0307. The van der Waals surface area contributed by atoms with Gasteiger partial charge in [-0.3, -0.25) is 4.79 Å². The monoisotopic (exact) mass is 161 g/mol. The third kappa shape index (κ3) is 2.21. The van der Waals surface area contributed by atoms with Gasteiger partial charge in [0.1, 0.15) is 0 Å². The van der Waals surface area contributed by atoms with Crippen LogP contribution in [0.15, 0.2) is 0 Å². The van der Waals surface area contributed by atoms with Gasteiger partial charge in [0.2, 0.25) is 6.41 Å². The highest BCUT2D eigenvalue weighted by Crippen LogP contribution is 2.32. The molecule has 1 amide bonds. The summed E-state index contributed by atoms with van der Waals surface area (Å²) >= 11 is 4.30. The third-order valence-electron chi connectivity index (χ3n) is 1.80. The fraction of sp³-hybridized carbons (Fsp3) is 0.857.